The van der Waals surface area contributed by atoms with Crippen molar-refractivity contribution in [1.82, 2.24) is 28.7 Å². The molecule has 0 saturated carbocycles. The van der Waals surface area contributed by atoms with Crippen LogP contribution in [0.2, 0.25) is 0 Å². The fraction of sp³-hybridized carbons (Fsp3) is 0.0238. The zero-order valence-electron chi connectivity index (χ0n) is 73.4. The van der Waals surface area contributed by atoms with Crippen molar-refractivity contribution in [2.24, 2.45) is 0 Å². The molecular formula is C126H82N6OS. The van der Waals surface area contributed by atoms with Crippen LogP contribution in [0.15, 0.2) is 465 Å². The van der Waals surface area contributed by atoms with E-state index in [1.54, 1.807) is 0 Å². The zero-order valence-corrected chi connectivity index (χ0v) is 74.2. The number of fused-ring (bicyclic) bond motifs is 23. The average Bonchev–Trinajstić information content (AvgIpc) is 1.39. The molecule has 0 bridgehead atoms. The summed E-state index contributed by atoms with van der Waals surface area (Å²) in [4.78, 5) is 15.8. The van der Waals surface area contributed by atoms with Crippen LogP contribution in [0, 0.1) is 0 Å². The normalized spacial score (nSPS) is 12.3. The standard InChI is InChI=1S/C45H28N2O.C42H30N2.C39H24N2S/c1-3-12-29(13-4-1)30-22-24-32(25-23-30)38-28-42(46-39-20-9-7-16-34(38)39)47-40-21-10-8-17-37(40)43-41(47)27-26-36-35-19-11-18-33(44(35)48-45(36)43)31-14-5-2-6-15-31;1-42(2)36-17-9-6-14-30(36)34-25-40-35(24-37(34)42)32-16-8-11-19-39(32)44(40)41-26-33(31-15-7-10-18-38(31)43-41)29-22-20-28(21-23-29)27-12-4-3-5-13-27;1-2-10-25(11-3-1)26-18-20-27(21-19-26)32-24-37(40-33-15-7-4-12-28(32)33)41-34-16-8-5-14-31(34)38-35(41)23-22-30-29-13-6-9-17-36(29)42-39(30)38/h1-28H;3-26H,1-2H3;1-24H. The number of rotatable bonds is 10. The quantitative estimate of drug-likeness (QED) is 0.137. The van der Waals surface area contributed by atoms with Gasteiger partial charge in [0.2, 0.25) is 0 Å². The Bertz CT molecular complexity index is 9370. The first-order chi connectivity index (χ1) is 66.2. The van der Waals surface area contributed by atoms with Crippen LogP contribution in [0.1, 0.15) is 25.0 Å². The highest BCUT2D eigenvalue weighted by Crippen LogP contribution is 2.53. The lowest BCUT2D eigenvalue weighted by Gasteiger charge is -2.21. The molecule has 7 nitrogen and oxygen atoms in total. The van der Waals surface area contributed by atoms with E-state index >= 15 is 0 Å². The Kier molecular flexibility index (Phi) is 18.4. The molecule has 28 rings (SSSR count). The van der Waals surface area contributed by atoms with Crippen LogP contribution in [0.4, 0.5) is 0 Å². The highest BCUT2D eigenvalue weighted by molar-refractivity contribution is 7.26. The molecular weight excluding hydrogens is 1650 g/mol. The van der Waals surface area contributed by atoms with Crippen molar-refractivity contribution in [1.29, 1.82) is 0 Å². The first kappa shape index (κ1) is 77.9. The summed E-state index contributed by atoms with van der Waals surface area (Å²) >= 11 is 1.88. The van der Waals surface area contributed by atoms with Gasteiger partial charge in [0.05, 0.1) is 55.0 Å². The Labute approximate surface area is 776 Å². The van der Waals surface area contributed by atoms with Crippen LogP contribution in [0.3, 0.4) is 0 Å². The average molecular weight is 1730 g/mol. The summed E-state index contributed by atoms with van der Waals surface area (Å²) in [5, 5.41) is 15.6. The van der Waals surface area contributed by atoms with E-state index in [0.717, 1.165) is 116 Å². The van der Waals surface area contributed by atoms with Crippen molar-refractivity contribution in [3.05, 3.63) is 472 Å². The first-order valence-corrected chi connectivity index (χ1v) is 46.7. The summed E-state index contributed by atoms with van der Waals surface area (Å²) in [5.41, 5.74) is 33.6. The maximum atomic E-state index is 6.89. The second-order valence-corrected chi connectivity index (χ2v) is 36.6. The Morgan fingerprint density at radius 2 is 0.560 bits per heavy atom. The van der Waals surface area contributed by atoms with Crippen molar-refractivity contribution in [2.45, 2.75) is 19.3 Å². The van der Waals surface area contributed by atoms with Crippen LogP contribution < -0.4 is 0 Å². The lowest BCUT2D eigenvalue weighted by atomic mass is 9.82. The Morgan fingerprint density at radius 3 is 1.07 bits per heavy atom. The highest BCUT2D eigenvalue weighted by atomic mass is 32.1. The highest BCUT2D eigenvalue weighted by Gasteiger charge is 2.37. The Balaban J connectivity index is 0.000000105. The molecule has 1 aliphatic carbocycles. The fourth-order valence-corrected chi connectivity index (χ4v) is 22.5. The van der Waals surface area contributed by atoms with Crippen molar-refractivity contribution in [3.8, 4) is 106 Å². The van der Waals surface area contributed by atoms with E-state index in [0.29, 0.717) is 0 Å². The molecule has 0 aliphatic heterocycles. The molecule has 628 valence electrons. The van der Waals surface area contributed by atoms with Gasteiger partial charge < -0.3 is 4.42 Å². The minimum atomic E-state index is -0.0520. The topological polar surface area (TPSA) is 66.6 Å². The van der Waals surface area contributed by atoms with Gasteiger partial charge >= 0.3 is 0 Å². The summed E-state index contributed by atoms with van der Waals surface area (Å²) in [7, 11) is 0. The number of pyridine rings is 3. The van der Waals surface area contributed by atoms with E-state index in [1.165, 1.54) is 142 Å². The van der Waals surface area contributed by atoms with Crippen LogP contribution >= 0.6 is 11.3 Å². The summed E-state index contributed by atoms with van der Waals surface area (Å²) < 4.78 is 16.6. The smallest absolute Gasteiger partial charge is 0.145 e. The molecule has 19 aromatic carbocycles. The van der Waals surface area contributed by atoms with Gasteiger partial charge in [-0.05, 0) is 186 Å². The molecule has 8 heterocycles. The monoisotopic (exact) mass is 1730 g/mol. The van der Waals surface area contributed by atoms with Gasteiger partial charge in [-0.1, -0.05) is 384 Å². The number of furan rings is 1. The van der Waals surface area contributed by atoms with E-state index in [-0.39, 0.29) is 5.41 Å². The number of thiophene rings is 1. The number of hydrogen-bond donors (Lipinski definition) is 0. The SMILES string of the molecule is CC1(C)c2ccccc2-c2cc3c(cc21)c1ccccc1n3-c1cc(-c2ccc(-c3ccccc3)cc2)c2ccccc2n1.c1ccc(-c2ccc(-c3cc(-n4c5ccccc5c5c6oc7c(-c8ccccc8)cccc7c6ccc54)nc4ccccc34)cc2)cc1.c1ccc(-c2ccc(-c3cc(-n4c5ccccc5c5c6sc7ccccc7c6ccc54)nc4ccccc34)cc2)cc1. The summed E-state index contributed by atoms with van der Waals surface area (Å²) in [5.74, 6) is 2.74. The minimum Gasteiger partial charge on any atom is -0.455 e. The maximum Gasteiger partial charge on any atom is 0.145 e. The number of aromatic nitrogens is 6. The van der Waals surface area contributed by atoms with E-state index in [1.807, 2.05) is 17.4 Å². The molecule has 0 spiro atoms. The molecule has 0 radical (unpaired) electrons. The summed E-state index contributed by atoms with van der Waals surface area (Å²) in [6, 6.07) is 165. The zero-order chi connectivity index (χ0) is 88.6. The van der Waals surface area contributed by atoms with Crippen LogP contribution in [-0.2, 0) is 5.41 Å². The Morgan fingerprint density at radius 1 is 0.209 bits per heavy atom. The summed E-state index contributed by atoms with van der Waals surface area (Å²) in [6.45, 7) is 4.70. The lowest BCUT2D eigenvalue weighted by molar-refractivity contribution is 0.661. The lowest BCUT2D eigenvalue weighted by Crippen LogP contribution is -2.14. The molecule has 1 aliphatic rings. The predicted molar refractivity (Wildman–Crippen MR) is 564 cm³/mol. The molecule has 8 aromatic heterocycles. The van der Waals surface area contributed by atoms with Crippen LogP contribution in [0.25, 0.3) is 247 Å². The van der Waals surface area contributed by atoms with E-state index in [9.17, 15) is 0 Å². The van der Waals surface area contributed by atoms with Gasteiger partial charge in [0.15, 0.2) is 0 Å². The number of benzene rings is 19. The number of nitrogens with zero attached hydrogens (tertiary/aromatic N) is 6. The van der Waals surface area contributed by atoms with Crippen molar-refractivity contribution >= 4 is 152 Å². The van der Waals surface area contributed by atoms with Crippen LogP contribution in [-0.4, -0.2) is 28.7 Å². The molecule has 0 atom stereocenters. The van der Waals surface area contributed by atoms with Gasteiger partial charge in [-0.3, -0.25) is 13.7 Å². The molecule has 0 saturated heterocycles. The molecule has 27 aromatic rings. The van der Waals surface area contributed by atoms with E-state index < -0.39 is 0 Å². The van der Waals surface area contributed by atoms with Gasteiger partial charge in [-0.15, -0.1) is 11.3 Å². The second kappa shape index (κ2) is 31.6. The van der Waals surface area contributed by atoms with Crippen molar-refractivity contribution in [2.75, 3.05) is 0 Å². The van der Waals surface area contributed by atoms with Gasteiger partial charge in [0.1, 0.15) is 28.6 Å². The third-order valence-electron chi connectivity index (χ3n) is 27.6. The van der Waals surface area contributed by atoms with Gasteiger partial charge in [0, 0.05) is 85.0 Å². The Hall–Kier alpha value is -17.2. The first-order valence-electron chi connectivity index (χ1n) is 45.8. The molecule has 0 amide bonds. The molecule has 0 N–H and O–H groups in total. The summed E-state index contributed by atoms with van der Waals surface area (Å²) in [6.07, 6.45) is 0. The van der Waals surface area contributed by atoms with Gasteiger partial charge in [0.25, 0.3) is 0 Å². The van der Waals surface area contributed by atoms with Crippen molar-refractivity contribution in [3.63, 3.8) is 0 Å². The van der Waals surface area contributed by atoms with Gasteiger partial charge in [-0.25, -0.2) is 15.0 Å². The number of hydrogen-bond acceptors (Lipinski definition) is 5. The maximum absolute atomic E-state index is 6.89. The molecule has 134 heavy (non-hydrogen) atoms. The largest absolute Gasteiger partial charge is 0.455 e. The predicted octanol–water partition coefficient (Wildman–Crippen LogP) is 34.2. The van der Waals surface area contributed by atoms with Crippen LogP contribution in [0.5, 0.6) is 0 Å². The molecule has 0 unspecified atom stereocenters. The second-order valence-electron chi connectivity index (χ2n) is 35.5. The van der Waals surface area contributed by atoms with Gasteiger partial charge in [-0.2, -0.15) is 0 Å². The third kappa shape index (κ3) is 12.8. The fourth-order valence-electron chi connectivity index (χ4n) is 21.3. The molecule has 8 heteroatoms. The van der Waals surface area contributed by atoms with Crippen molar-refractivity contribution < 1.29 is 4.42 Å². The number of para-hydroxylation sites is 7. The molecule has 0 fully saturated rings. The minimum absolute atomic E-state index is 0.0520. The van der Waals surface area contributed by atoms with E-state index in [2.05, 4.69) is 483 Å². The third-order valence-corrected chi connectivity index (χ3v) is 28.8. The van der Waals surface area contributed by atoms with E-state index in [4.69, 9.17) is 19.4 Å².